The molecule has 0 unspecified atom stereocenters. The van der Waals surface area contributed by atoms with Gasteiger partial charge in [0.05, 0.1) is 19.3 Å². The van der Waals surface area contributed by atoms with Crippen molar-refractivity contribution in [1.82, 2.24) is 0 Å². The summed E-state index contributed by atoms with van der Waals surface area (Å²) in [6, 6.07) is 13.1. The molecule has 0 spiro atoms. The maximum absolute atomic E-state index is 13.7. The van der Waals surface area contributed by atoms with Crippen LogP contribution < -0.4 is 14.5 Å². The Labute approximate surface area is 213 Å². The molecule has 2 atom stereocenters. The average molecular weight is 493 g/mol. The molecule has 2 amide bonds. The van der Waals surface area contributed by atoms with Gasteiger partial charge in [0, 0.05) is 36.7 Å². The molecular weight excluding hydrogens is 456 g/mol. The van der Waals surface area contributed by atoms with E-state index in [0.29, 0.717) is 36.4 Å². The van der Waals surface area contributed by atoms with Crippen molar-refractivity contribution in [3.8, 4) is 5.75 Å². The van der Waals surface area contributed by atoms with Crippen LogP contribution in [0.1, 0.15) is 56.6 Å². The van der Waals surface area contributed by atoms with Crippen LogP contribution in [0.15, 0.2) is 54.6 Å². The minimum Gasteiger partial charge on any atom is -0.497 e. The fraction of sp³-hybridized carbons (Fsp3) is 0.448. The predicted molar refractivity (Wildman–Crippen MR) is 140 cm³/mol. The number of benzene rings is 2. The highest BCUT2D eigenvalue weighted by Gasteiger charge is 2.52. The maximum Gasteiger partial charge on any atom is 0.264 e. The van der Waals surface area contributed by atoms with Crippen molar-refractivity contribution in [2.75, 3.05) is 30.1 Å². The second-order valence-corrected chi connectivity index (χ2v) is 9.65. The molecule has 0 bridgehead atoms. The molecule has 2 aliphatic heterocycles. The Morgan fingerprint density at radius 1 is 1.08 bits per heavy atom. The number of fused-ring (bicyclic) bond motifs is 1. The van der Waals surface area contributed by atoms with E-state index in [-0.39, 0.29) is 12.5 Å². The van der Waals surface area contributed by atoms with Gasteiger partial charge in [0.15, 0.2) is 5.60 Å². The molecule has 4 rings (SSSR count). The summed E-state index contributed by atoms with van der Waals surface area (Å²) >= 11 is 0. The molecule has 0 aromatic heterocycles. The lowest BCUT2D eigenvalue weighted by Gasteiger charge is -2.28. The number of hydrogen-bond donors (Lipinski definition) is 2. The standard InChI is InChI=1S/C29H36N2O5/c1-21(9-6-8-18-32)29(35)25-19-24(36-2)15-16-26(25)31(28(29)34)20-22-11-13-23(14-12-22)30-17-7-4-3-5-10-27(30)33/h6,9,11-16,19,21,32,35H,3-5,7-8,10,17-18,20H2,1-2H3/b9-6+/t21-,29+/m1/s1. The molecule has 0 aliphatic carbocycles. The Hall–Kier alpha value is -3.16. The van der Waals surface area contributed by atoms with Gasteiger partial charge in [-0.25, -0.2) is 0 Å². The summed E-state index contributed by atoms with van der Waals surface area (Å²) in [6.07, 6.45) is 8.77. The Morgan fingerprint density at radius 2 is 1.83 bits per heavy atom. The minimum absolute atomic E-state index is 0.00511. The number of methoxy groups -OCH3 is 1. The summed E-state index contributed by atoms with van der Waals surface area (Å²) in [4.78, 5) is 29.8. The topological polar surface area (TPSA) is 90.3 Å². The van der Waals surface area contributed by atoms with Crippen LogP contribution in [-0.2, 0) is 21.7 Å². The number of rotatable bonds is 8. The normalized spacial score (nSPS) is 21.4. The highest BCUT2D eigenvalue weighted by molar-refractivity contribution is 6.07. The van der Waals surface area contributed by atoms with Gasteiger partial charge >= 0.3 is 0 Å². The Kier molecular flexibility index (Phi) is 8.11. The molecular formula is C29H36N2O5. The number of carbonyl (C=O) groups is 2. The lowest BCUT2D eigenvalue weighted by molar-refractivity contribution is -0.139. The molecule has 192 valence electrons. The molecule has 1 fully saturated rings. The Bertz CT molecular complexity index is 1110. The van der Waals surface area contributed by atoms with E-state index in [9.17, 15) is 14.7 Å². The fourth-order valence-corrected chi connectivity index (χ4v) is 5.12. The van der Waals surface area contributed by atoms with Crippen LogP contribution in [0, 0.1) is 5.92 Å². The van der Waals surface area contributed by atoms with E-state index >= 15 is 0 Å². The number of anilines is 2. The van der Waals surface area contributed by atoms with Crippen molar-refractivity contribution in [2.24, 2.45) is 5.92 Å². The van der Waals surface area contributed by atoms with Crippen LogP contribution in [0.2, 0.25) is 0 Å². The number of aliphatic hydroxyl groups excluding tert-OH is 1. The molecule has 2 aromatic rings. The van der Waals surface area contributed by atoms with Gasteiger partial charge in [-0.3, -0.25) is 9.59 Å². The van der Waals surface area contributed by atoms with Crippen LogP contribution >= 0.6 is 0 Å². The quantitative estimate of drug-likeness (QED) is 0.536. The van der Waals surface area contributed by atoms with Gasteiger partial charge in [-0.1, -0.05) is 44.1 Å². The van der Waals surface area contributed by atoms with Crippen molar-refractivity contribution >= 4 is 23.2 Å². The van der Waals surface area contributed by atoms with Gasteiger partial charge in [-0.2, -0.15) is 0 Å². The van der Waals surface area contributed by atoms with Crippen molar-refractivity contribution in [1.29, 1.82) is 0 Å². The van der Waals surface area contributed by atoms with Gasteiger partial charge in [0.2, 0.25) is 5.91 Å². The van der Waals surface area contributed by atoms with Crippen molar-refractivity contribution in [2.45, 2.75) is 57.6 Å². The summed E-state index contributed by atoms with van der Waals surface area (Å²) in [7, 11) is 1.55. The summed E-state index contributed by atoms with van der Waals surface area (Å²) < 4.78 is 5.37. The van der Waals surface area contributed by atoms with Crippen LogP contribution in [0.25, 0.3) is 0 Å². The van der Waals surface area contributed by atoms with E-state index in [1.807, 2.05) is 29.2 Å². The van der Waals surface area contributed by atoms with E-state index in [4.69, 9.17) is 9.84 Å². The zero-order valence-electron chi connectivity index (χ0n) is 21.2. The Balaban J connectivity index is 1.60. The fourth-order valence-electron chi connectivity index (χ4n) is 5.12. The second kappa shape index (κ2) is 11.3. The summed E-state index contributed by atoms with van der Waals surface area (Å²) in [5.41, 5.74) is 1.19. The average Bonchev–Trinajstić information content (AvgIpc) is 3.09. The third kappa shape index (κ3) is 5.04. The smallest absolute Gasteiger partial charge is 0.264 e. The number of amides is 2. The van der Waals surface area contributed by atoms with Gasteiger partial charge in [0.25, 0.3) is 5.91 Å². The predicted octanol–water partition coefficient (Wildman–Crippen LogP) is 4.30. The SMILES string of the molecule is COc1ccc2c(c1)[C@@](O)([C@H](C)/C=C/CCO)C(=O)N2Cc1ccc(N2CCCCCCC2=O)cc1. The zero-order valence-corrected chi connectivity index (χ0v) is 21.2. The van der Waals surface area contributed by atoms with Crippen LogP contribution in [0.5, 0.6) is 5.75 Å². The van der Waals surface area contributed by atoms with Gasteiger partial charge in [0.1, 0.15) is 5.75 Å². The second-order valence-electron chi connectivity index (χ2n) is 9.65. The zero-order chi connectivity index (χ0) is 25.7. The first-order chi connectivity index (χ1) is 17.4. The maximum atomic E-state index is 13.7. The minimum atomic E-state index is -1.74. The van der Waals surface area contributed by atoms with E-state index in [0.717, 1.165) is 43.5 Å². The first kappa shape index (κ1) is 25.9. The van der Waals surface area contributed by atoms with Gasteiger partial charge < -0.3 is 24.7 Å². The third-order valence-corrected chi connectivity index (χ3v) is 7.27. The highest BCUT2D eigenvalue weighted by atomic mass is 16.5. The van der Waals surface area contributed by atoms with Crippen molar-refractivity contribution < 1.29 is 24.5 Å². The molecule has 1 saturated heterocycles. The summed E-state index contributed by atoms with van der Waals surface area (Å²) in [6.45, 7) is 2.83. The van der Waals surface area contributed by atoms with E-state index in [1.54, 1.807) is 49.3 Å². The molecule has 7 nitrogen and oxygen atoms in total. The molecule has 0 saturated carbocycles. The van der Waals surface area contributed by atoms with E-state index in [1.165, 1.54) is 0 Å². The molecule has 36 heavy (non-hydrogen) atoms. The van der Waals surface area contributed by atoms with Crippen molar-refractivity contribution in [3.05, 3.63) is 65.7 Å². The summed E-state index contributed by atoms with van der Waals surface area (Å²) in [5, 5.41) is 20.8. The first-order valence-electron chi connectivity index (χ1n) is 12.8. The number of nitrogens with zero attached hydrogens (tertiary/aromatic N) is 2. The van der Waals surface area contributed by atoms with E-state index < -0.39 is 17.4 Å². The monoisotopic (exact) mass is 492 g/mol. The number of hydrogen-bond acceptors (Lipinski definition) is 5. The van der Waals surface area contributed by atoms with Crippen molar-refractivity contribution in [3.63, 3.8) is 0 Å². The lowest BCUT2D eigenvalue weighted by atomic mass is 9.83. The van der Waals surface area contributed by atoms with E-state index in [2.05, 4.69) is 0 Å². The number of aliphatic hydroxyl groups is 2. The molecule has 2 heterocycles. The summed E-state index contributed by atoms with van der Waals surface area (Å²) in [5.74, 6) is -0.174. The third-order valence-electron chi connectivity index (χ3n) is 7.27. The number of carbonyl (C=O) groups excluding carboxylic acids is 2. The van der Waals surface area contributed by atoms with Gasteiger partial charge in [-0.15, -0.1) is 0 Å². The molecule has 0 radical (unpaired) electrons. The molecule has 2 N–H and O–H groups in total. The number of ether oxygens (including phenoxy) is 1. The molecule has 2 aliphatic rings. The lowest BCUT2D eigenvalue weighted by Crippen LogP contribution is -2.44. The molecule has 2 aromatic carbocycles. The molecule has 7 heteroatoms. The van der Waals surface area contributed by atoms with Crippen LogP contribution in [-0.4, -0.2) is 42.3 Å². The highest BCUT2D eigenvalue weighted by Crippen LogP contribution is 2.47. The largest absolute Gasteiger partial charge is 0.497 e. The van der Waals surface area contributed by atoms with Crippen LogP contribution in [0.3, 0.4) is 0 Å². The van der Waals surface area contributed by atoms with Crippen LogP contribution in [0.4, 0.5) is 11.4 Å². The first-order valence-corrected chi connectivity index (χ1v) is 12.8. The Morgan fingerprint density at radius 3 is 2.56 bits per heavy atom. The van der Waals surface area contributed by atoms with Gasteiger partial charge in [-0.05, 0) is 55.2 Å².